The number of hydrogen-bond donors (Lipinski definition) is 2. The van der Waals surface area contributed by atoms with Crippen LogP contribution in [0.3, 0.4) is 0 Å². The molecule has 2 aromatic rings. The maximum Gasteiger partial charge on any atom is 0.288 e. The van der Waals surface area contributed by atoms with E-state index in [1.54, 1.807) is 18.2 Å². The fourth-order valence-corrected chi connectivity index (χ4v) is 3.66. The summed E-state index contributed by atoms with van der Waals surface area (Å²) in [5.41, 5.74) is 6.38. The van der Waals surface area contributed by atoms with E-state index < -0.39 is 5.91 Å². The van der Waals surface area contributed by atoms with Crippen molar-refractivity contribution in [2.45, 2.75) is 26.2 Å². The van der Waals surface area contributed by atoms with Gasteiger partial charge >= 0.3 is 0 Å². The topological polar surface area (TPSA) is 71.1 Å². The van der Waals surface area contributed by atoms with Crippen LogP contribution < -0.4 is 10.9 Å². The van der Waals surface area contributed by atoms with Crippen molar-refractivity contribution in [1.29, 1.82) is 0 Å². The average Bonchev–Trinajstić information content (AvgIpc) is 2.96. The Balaban J connectivity index is 1.62. The number of thiophene rings is 1. The van der Waals surface area contributed by atoms with E-state index in [4.69, 9.17) is 0 Å². The lowest BCUT2D eigenvalue weighted by Gasteiger charge is -2.16. The van der Waals surface area contributed by atoms with Gasteiger partial charge in [0.05, 0.1) is 4.88 Å². The molecule has 6 heteroatoms. The number of carbonyl (C=O) groups excluding carboxylic acids is 2. The Labute approximate surface area is 132 Å². The zero-order chi connectivity index (χ0) is 15.5. The highest BCUT2D eigenvalue weighted by atomic mass is 32.1. The van der Waals surface area contributed by atoms with E-state index in [0.29, 0.717) is 10.8 Å². The minimum Gasteiger partial charge on any atom is -0.266 e. The molecule has 22 heavy (non-hydrogen) atoms. The zero-order valence-corrected chi connectivity index (χ0v) is 13.1. The molecule has 3 rings (SSSR count). The third kappa shape index (κ3) is 3.17. The molecule has 1 aliphatic carbocycles. The Morgan fingerprint density at radius 2 is 2.09 bits per heavy atom. The van der Waals surface area contributed by atoms with Gasteiger partial charge in [0.15, 0.2) is 0 Å². The lowest BCUT2D eigenvalue weighted by molar-refractivity contribution is 0.0846. The van der Waals surface area contributed by atoms with Crippen LogP contribution in [0, 0.1) is 5.92 Å². The average molecular weight is 315 g/mol. The summed E-state index contributed by atoms with van der Waals surface area (Å²) in [6.45, 7) is 2.23. The van der Waals surface area contributed by atoms with Crippen LogP contribution in [0.25, 0.3) is 0 Å². The van der Waals surface area contributed by atoms with Crippen LogP contribution in [0.15, 0.2) is 30.5 Å². The number of aromatic nitrogens is 1. The molecule has 0 radical (unpaired) electrons. The summed E-state index contributed by atoms with van der Waals surface area (Å²) in [6, 6.07) is 6.98. The molecule has 2 heterocycles. The van der Waals surface area contributed by atoms with Crippen molar-refractivity contribution in [2.75, 3.05) is 0 Å². The molecular formula is C16H17N3O2S. The Morgan fingerprint density at radius 1 is 1.27 bits per heavy atom. The number of fused-ring (bicyclic) bond motifs is 1. The summed E-state index contributed by atoms with van der Waals surface area (Å²) in [5, 5.41) is 0. The summed E-state index contributed by atoms with van der Waals surface area (Å²) in [5.74, 6) is -0.0397. The maximum atomic E-state index is 12.1. The van der Waals surface area contributed by atoms with E-state index in [1.165, 1.54) is 34.4 Å². The summed E-state index contributed by atoms with van der Waals surface area (Å²) in [6.07, 6.45) is 4.77. The van der Waals surface area contributed by atoms with Gasteiger partial charge in [-0.25, -0.2) is 0 Å². The summed E-state index contributed by atoms with van der Waals surface area (Å²) < 4.78 is 0. The van der Waals surface area contributed by atoms with Crippen molar-refractivity contribution in [3.05, 3.63) is 51.5 Å². The molecule has 2 aromatic heterocycles. The molecule has 0 spiro atoms. The van der Waals surface area contributed by atoms with Crippen LogP contribution in [-0.2, 0) is 12.8 Å². The van der Waals surface area contributed by atoms with Gasteiger partial charge in [0, 0.05) is 11.1 Å². The molecule has 0 fully saturated rings. The summed E-state index contributed by atoms with van der Waals surface area (Å²) >= 11 is 1.51. The highest BCUT2D eigenvalue weighted by Crippen LogP contribution is 2.32. The second-order valence-electron chi connectivity index (χ2n) is 5.53. The normalized spacial score (nSPS) is 16.7. The molecule has 2 N–H and O–H groups in total. The first-order chi connectivity index (χ1) is 10.6. The molecule has 0 aliphatic heterocycles. The molecule has 1 aliphatic rings. The second kappa shape index (κ2) is 6.27. The van der Waals surface area contributed by atoms with Crippen molar-refractivity contribution in [2.24, 2.45) is 5.92 Å². The quantitative estimate of drug-likeness (QED) is 0.836. The SMILES string of the molecule is C[C@@H]1CCc2sc(C(=O)NNC(=O)c3ccccn3)cc2C1. The number of nitrogens with one attached hydrogen (secondary N) is 2. The molecule has 0 unspecified atom stereocenters. The number of hydrazine groups is 1. The number of carbonyl (C=O) groups is 2. The van der Waals surface area contributed by atoms with Crippen molar-refractivity contribution in [3.8, 4) is 0 Å². The number of amides is 2. The maximum absolute atomic E-state index is 12.1. The lowest BCUT2D eigenvalue weighted by atomic mass is 9.90. The molecule has 0 aromatic carbocycles. The zero-order valence-electron chi connectivity index (χ0n) is 12.3. The fraction of sp³-hybridized carbons (Fsp3) is 0.312. The molecule has 114 valence electrons. The first-order valence-electron chi connectivity index (χ1n) is 7.27. The number of nitrogens with zero attached hydrogens (tertiary/aromatic N) is 1. The van der Waals surface area contributed by atoms with Crippen molar-refractivity contribution >= 4 is 23.2 Å². The van der Waals surface area contributed by atoms with Gasteiger partial charge in [-0.05, 0) is 48.9 Å². The van der Waals surface area contributed by atoms with Gasteiger partial charge in [-0.3, -0.25) is 25.4 Å². The minimum atomic E-state index is -0.427. The fourth-order valence-electron chi connectivity index (χ4n) is 2.55. The van der Waals surface area contributed by atoms with Gasteiger partial charge in [0.2, 0.25) is 0 Å². The van der Waals surface area contributed by atoms with Gasteiger partial charge in [0.25, 0.3) is 11.8 Å². The predicted molar refractivity (Wildman–Crippen MR) is 84.7 cm³/mol. The van der Waals surface area contributed by atoms with E-state index in [9.17, 15) is 9.59 Å². The second-order valence-corrected chi connectivity index (χ2v) is 6.67. The lowest BCUT2D eigenvalue weighted by Crippen LogP contribution is -2.41. The molecule has 1 atom stereocenters. The molecule has 0 saturated heterocycles. The van der Waals surface area contributed by atoms with Gasteiger partial charge < -0.3 is 0 Å². The molecule has 0 saturated carbocycles. The molecule has 5 nitrogen and oxygen atoms in total. The largest absolute Gasteiger partial charge is 0.288 e. The highest BCUT2D eigenvalue weighted by molar-refractivity contribution is 7.14. The number of pyridine rings is 1. The standard InChI is InChI=1S/C16H17N3O2S/c1-10-5-6-13-11(8-10)9-14(22-13)16(21)19-18-15(20)12-4-2-3-7-17-12/h2-4,7,9-10H,5-6,8H2,1H3,(H,18,20)(H,19,21)/t10-/m1/s1. The first kappa shape index (κ1) is 14.7. The van der Waals surface area contributed by atoms with Crippen molar-refractivity contribution < 1.29 is 9.59 Å². The van der Waals surface area contributed by atoms with Crippen molar-refractivity contribution in [3.63, 3.8) is 0 Å². The van der Waals surface area contributed by atoms with Crippen LogP contribution in [0.2, 0.25) is 0 Å². The van der Waals surface area contributed by atoms with Crippen molar-refractivity contribution in [1.82, 2.24) is 15.8 Å². The smallest absolute Gasteiger partial charge is 0.266 e. The molecule has 2 amide bonds. The number of hydrogen-bond acceptors (Lipinski definition) is 4. The minimum absolute atomic E-state index is 0.266. The van der Waals surface area contributed by atoms with Gasteiger partial charge in [-0.2, -0.15) is 0 Å². The van der Waals surface area contributed by atoms with E-state index in [1.807, 2.05) is 6.07 Å². The van der Waals surface area contributed by atoms with Gasteiger partial charge in [-0.1, -0.05) is 13.0 Å². The van der Waals surface area contributed by atoms with E-state index >= 15 is 0 Å². The Hall–Kier alpha value is -2.21. The van der Waals surface area contributed by atoms with Crippen LogP contribution in [-0.4, -0.2) is 16.8 Å². The van der Waals surface area contributed by atoms with Crippen LogP contribution in [0.5, 0.6) is 0 Å². The number of aryl methyl sites for hydroxylation is 1. The first-order valence-corrected chi connectivity index (χ1v) is 8.08. The highest BCUT2D eigenvalue weighted by Gasteiger charge is 2.21. The summed E-state index contributed by atoms with van der Waals surface area (Å²) in [7, 11) is 0. The number of rotatable bonds is 2. The third-order valence-corrected chi connectivity index (χ3v) is 4.98. The molecule has 0 bridgehead atoms. The van der Waals surface area contributed by atoms with Crippen LogP contribution in [0.4, 0.5) is 0 Å². The van der Waals surface area contributed by atoms with Gasteiger partial charge in [0.1, 0.15) is 5.69 Å². The van der Waals surface area contributed by atoms with Crippen LogP contribution >= 0.6 is 11.3 Å². The predicted octanol–water partition coefficient (Wildman–Crippen LogP) is 2.34. The summed E-state index contributed by atoms with van der Waals surface area (Å²) in [4.78, 5) is 29.8. The van der Waals surface area contributed by atoms with E-state index in [-0.39, 0.29) is 11.6 Å². The van der Waals surface area contributed by atoms with Crippen LogP contribution in [0.1, 0.15) is 43.9 Å². The van der Waals surface area contributed by atoms with E-state index in [2.05, 4.69) is 22.8 Å². The van der Waals surface area contributed by atoms with Gasteiger partial charge in [-0.15, -0.1) is 11.3 Å². The Kier molecular flexibility index (Phi) is 4.20. The monoisotopic (exact) mass is 315 g/mol. The van der Waals surface area contributed by atoms with E-state index in [0.717, 1.165) is 12.8 Å². The third-order valence-electron chi connectivity index (χ3n) is 3.74. The molecular weight excluding hydrogens is 298 g/mol. The Morgan fingerprint density at radius 3 is 2.86 bits per heavy atom. The Bertz CT molecular complexity index is 697.